The Hall–Kier alpha value is -4.13. The monoisotopic (exact) mass is 601 g/mol. The zero-order valence-electron chi connectivity index (χ0n) is 20.6. The molecule has 14 heteroatoms. The van der Waals surface area contributed by atoms with E-state index in [4.69, 9.17) is 11.6 Å². The molecule has 214 valence electrons. The van der Waals surface area contributed by atoms with E-state index in [2.05, 4.69) is 10.6 Å². The van der Waals surface area contributed by atoms with Gasteiger partial charge in [0.05, 0.1) is 22.7 Å². The first kappa shape index (κ1) is 28.4. The third-order valence-electron chi connectivity index (χ3n) is 6.59. The first-order valence-corrected chi connectivity index (χ1v) is 12.1. The summed E-state index contributed by atoms with van der Waals surface area (Å²) in [5, 5.41) is 4.98. The van der Waals surface area contributed by atoms with Crippen LogP contribution in [-0.2, 0) is 12.7 Å². The zero-order valence-corrected chi connectivity index (χ0v) is 21.3. The molecule has 2 N–H and O–H groups in total. The van der Waals surface area contributed by atoms with Crippen LogP contribution in [-0.4, -0.2) is 22.6 Å². The largest absolute Gasteiger partial charge is 0.416 e. The van der Waals surface area contributed by atoms with E-state index in [0.29, 0.717) is 12.1 Å². The Morgan fingerprint density at radius 2 is 1.71 bits per heavy atom. The summed E-state index contributed by atoms with van der Waals surface area (Å²) < 4.78 is 109. The Bertz CT molecular complexity index is 1740. The Morgan fingerprint density at radius 3 is 2.37 bits per heavy atom. The Balaban J connectivity index is 1.73. The van der Waals surface area contributed by atoms with E-state index in [1.807, 2.05) is 0 Å². The van der Waals surface area contributed by atoms with Gasteiger partial charge in [-0.2, -0.15) is 26.3 Å². The highest BCUT2D eigenvalue weighted by molar-refractivity contribution is 6.31. The third-order valence-corrected chi connectivity index (χ3v) is 6.93. The fourth-order valence-electron chi connectivity index (χ4n) is 4.91. The van der Waals surface area contributed by atoms with Crippen molar-refractivity contribution in [2.24, 2.45) is 0 Å². The topological polar surface area (TPSA) is 63.1 Å². The second-order valence-corrected chi connectivity index (χ2v) is 9.79. The van der Waals surface area contributed by atoms with Gasteiger partial charge >= 0.3 is 12.4 Å². The van der Waals surface area contributed by atoms with Gasteiger partial charge in [0.1, 0.15) is 18.2 Å². The average Bonchev–Trinajstić information content (AvgIpc) is 3.35. The predicted octanol–water partition coefficient (Wildman–Crippen LogP) is 7.55. The summed E-state index contributed by atoms with van der Waals surface area (Å²) in [6, 6.07) is 5.67. The number of carbonyl (C=O) groups is 2. The normalized spacial score (nSPS) is 15.3. The van der Waals surface area contributed by atoms with Gasteiger partial charge in [0.25, 0.3) is 11.8 Å². The van der Waals surface area contributed by atoms with Crippen LogP contribution in [0.3, 0.4) is 0 Å². The molecule has 41 heavy (non-hydrogen) atoms. The lowest BCUT2D eigenvalue weighted by atomic mass is 9.94. The summed E-state index contributed by atoms with van der Waals surface area (Å²) >= 11 is 6.26. The number of hydrogen-bond acceptors (Lipinski definition) is 2. The smallest absolute Gasteiger partial charge is 0.341 e. The minimum absolute atomic E-state index is 0.00713. The molecule has 1 atom stereocenters. The minimum Gasteiger partial charge on any atom is -0.341 e. The van der Waals surface area contributed by atoms with E-state index in [1.165, 1.54) is 19.1 Å². The van der Waals surface area contributed by atoms with Crippen LogP contribution in [0, 0.1) is 18.6 Å². The number of amides is 2. The number of hydrogen-bond donors (Lipinski definition) is 2. The maximum Gasteiger partial charge on any atom is 0.416 e. The standard InChI is InChI=1S/C27H16ClF8N3O2/c1-11-4-17-20(39(11)10-26(31,32)33)9-19(37-24(40)12-5-13(27(34,35)36)7-15(30)6-12)22-21(17)25(41)38-23(22)16-8-14(29)2-3-18(16)28/h2-9,23H,10H2,1H3,(H,37,40)(H,38,41). The molecule has 2 amide bonds. The quantitative estimate of drug-likeness (QED) is 0.237. The molecule has 1 aromatic heterocycles. The van der Waals surface area contributed by atoms with E-state index in [0.717, 1.165) is 22.8 Å². The molecule has 2 heterocycles. The first-order chi connectivity index (χ1) is 19.0. The van der Waals surface area contributed by atoms with E-state index < -0.39 is 59.5 Å². The number of benzene rings is 3. The lowest BCUT2D eigenvalue weighted by Crippen LogP contribution is -2.21. The van der Waals surface area contributed by atoms with Gasteiger partial charge in [-0.05, 0) is 55.5 Å². The number of nitrogens with zero attached hydrogens (tertiary/aromatic N) is 1. The number of anilines is 1. The Morgan fingerprint density at radius 1 is 1.00 bits per heavy atom. The SMILES string of the molecule is Cc1cc2c3c(c(NC(=O)c4cc(F)cc(C(F)(F)F)c4)cc2n1CC(F)(F)F)C(c1cc(F)ccc1Cl)NC3=O. The van der Waals surface area contributed by atoms with E-state index in [-0.39, 0.29) is 50.1 Å². The summed E-state index contributed by atoms with van der Waals surface area (Å²) in [5.74, 6) is -4.11. The van der Waals surface area contributed by atoms with Gasteiger partial charge in [0, 0.05) is 38.5 Å². The minimum atomic E-state index is -4.98. The van der Waals surface area contributed by atoms with Crippen LogP contribution in [0.2, 0.25) is 5.02 Å². The molecule has 5 nitrogen and oxygen atoms in total. The van der Waals surface area contributed by atoms with Crippen molar-refractivity contribution >= 4 is 40.0 Å². The number of carbonyl (C=O) groups excluding carboxylic acids is 2. The molecule has 1 aliphatic rings. The van der Waals surface area contributed by atoms with Crippen molar-refractivity contribution in [1.29, 1.82) is 0 Å². The van der Waals surface area contributed by atoms with E-state index in [1.54, 1.807) is 0 Å². The summed E-state index contributed by atoms with van der Waals surface area (Å²) in [5.41, 5.74) is -2.59. The lowest BCUT2D eigenvalue weighted by Gasteiger charge is -2.19. The summed E-state index contributed by atoms with van der Waals surface area (Å²) in [4.78, 5) is 26.3. The van der Waals surface area contributed by atoms with E-state index >= 15 is 0 Å². The average molecular weight is 602 g/mol. The van der Waals surface area contributed by atoms with Gasteiger partial charge in [-0.25, -0.2) is 8.78 Å². The zero-order chi connectivity index (χ0) is 30.0. The number of halogens is 9. The van der Waals surface area contributed by atoms with Crippen LogP contribution in [0.1, 0.15) is 49.1 Å². The number of fused-ring (bicyclic) bond motifs is 3. The van der Waals surface area contributed by atoms with Crippen LogP contribution in [0.25, 0.3) is 10.9 Å². The molecule has 4 aromatic rings. The Kier molecular flexibility index (Phi) is 6.76. The molecule has 0 radical (unpaired) electrons. The number of aryl methyl sites for hydroxylation is 1. The summed E-state index contributed by atoms with van der Waals surface area (Å²) in [6.07, 6.45) is -9.66. The molecular weight excluding hydrogens is 586 g/mol. The molecule has 0 spiro atoms. The number of aromatic nitrogens is 1. The highest BCUT2D eigenvalue weighted by atomic mass is 35.5. The van der Waals surface area contributed by atoms with Crippen molar-refractivity contribution in [3.05, 3.63) is 98.7 Å². The van der Waals surface area contributed by atoms with Crippen LogP contribution < -0.4 is 10.6 Å². The molecule has 1 unspecified atom stereocenters. The second kappa shape index (κ2) is 9.75. The molecular formula is C27H16ClF8N3O2. The third kappa shape index (κ3) is 5.33. The van der Waals surface area contributed by atoms with Crippen LogP contribution in [0.5, 0.6) is 0 Å². The first-order valence-electron chi connectivity index (χ1n) is 11.7. The highest BCUT2D eigenvalue weighted by Gasteiger charge is 2.38. The van der Waals surface area contributed by atoms with Gasteiger partial charge < -0.3 is 15.2 Å². The molecule has 0 saturated heterocycles. The predicted molar refractivity (Wildman–Crippen MR) is 133 cm³/mol. The van der Waals surface area contributed by atoms with Gasteiger partial charge in [0.2, 0.25) is 0 Å². The van der Waals surface area contributed by atoms with Crippen molar-refractivity contribution in [3.8, 4) is 0 Å². The molecule has 0 aliphatic carbocycles. The van der Waals surface area contributed by atoms with Crippen molar-refractivity contribution < 1.29 is 44.7 Å². The van der Waals surface area contributed by atoms with Crippen molar-refractivity contribution in [2.45, 2.75) is 31.9 Å². The van der Waals surface area contributed by atoms with Crippen molar-refractivity contribution in [2.75, 3.05) is 5.32 Å². The van der Waals surface area contributed by atoms with Gasteiger partial charge in [-0.3, -0.25) is 9.59 Å². The van der Waals surface area contributed by atoms with Crippen molar-refractivity contribution in [3.63, 3.8) is 0 Å². The van der Waals surface area contributed by atoms with Gasteiger partial charge in [-0.1, -0.05) is 11.6 Å². The molecule has 1 aliphatic heterocycles. The van der Waals surface area contributed by atoms with Crippen LogP contribution >= 0.6 is 11.6 Å². The fourth-order valence-corrected chi connectivity index (χ4v) is 5.13. The van der Waals surface area contributed by atoms with Crippen molar-refractivity contribution in [1.82, 2.24) is 9.88 Å². The molecule has 0 saturated carbocycles. The maximum absolute atomic E-state index is 14.2. The van der Waals surface area contributed by atoms with Crippen LogP contribution in [0.4, 0.5) is 40.8 Å². The van der Waals surface area contributed by atoms with E-state index in [9.17, 15) is 44.7 Å². The Labute approximate surface area is 230 Å². The van der Waals surface area contributed by atoms with Gasteiger partial charge in [0.15, 0.2) is 0 Å². The molecule has 3 aromatic carbocycles. The number of alkyl halides is 6. The number of rotatable bonds is 4. The number of nitrogens with one attached hydrogen (secondary N) is 2. The van der Waals surface area contributed by atoms with Gasteiger partial charge in [-0.15, -0.1) is 0 Å². The highest BCUT2D eigenvalue weighted by Crippen LogP contribution is 2.44. The molecule has 5 rings (SSSR count). The summed E-state index contributed by atoms with van der Waals surface area (Å²) in [6.45, 7) is -0.0797. The lowest BCUT2D eigenvalue weighted by molar-refractivity contribution is -0.140. The summed E-state index contributed by atoms with van der Waals surface area (Å²) in [7, 11) is 0. The van der Waals surface area contributed by atoms with Crippen LogP contribution in [0.15, 0.2) is 48.5 Å². The fraction of sp³-hybridized carbons (Fsp3) is 0.185. The molecule has 0 fully saturated rings. The maximum atomic E-state index is 14.2. The second-order valence-electron chi connectivity index (χ2n) is 9.39. The molecule has 0 bridgehead atoms.